The van der Waals surface area contributed by atoms with Gasteiger partial charge in [0.15, 0.2) is 0 Å². The molecule has 2 N–H and O–H groups in total. The second-order valence-corrected chi connectivity index (χ2v) is 7.64. The maximum absolute atomic E-state index is 12.1. The van der Waals surface area contributed by atoms with E-state index in [0.717, 1.165) is 0 Å². The van der Waals surface area contributed by atoms with Crippen LogP contribution in [0.2, 0.25) is 0 Å². The first-order valence-corrected chi connectivity index (χ1v) is 8.29. The van der Waals surface area contributed by atoms with E-state index in [4.69, 9.17) is 0 Å². The van der Waals surface area contributed by atoms with E-state index >= 15 is 0 Å². The number of hydrogen-bond donors (Lipinski definition) is 2. The molecular formula is C16H24N2O4S. The number of nitrogens with zero attached hydrogens (tertiary/aromatic N) is 1. The van der Waals surface area contributed by atoms with Gasteiger partial charge in [0.25, 0.3) is 5.91 Å². The van der Waals surface area contributed by atoms with Crippen LogP contribution in [-0.4, -0.2) is 47.4 Å². The van der Waals surface area contributed by atoms with Gasteiger partial charge in [-0.15, -0.1) is 11.3 Å². The summed E-state index contributed by atoms with van der Waals surface area (Å²) in [4.78, 5) is 37.2. The number of nitrogens with one attached hydrogen (secondary N) is 1. The Morgan fingerprint density at radius 3 is 2.48 bits per heavy atom. The van der Waals surface area contributed by atoms with Gasteiger partial charge in [0.05, 0.1) is 11.4 Å². The highest BCUT2D eigenvalue weighted by molar-refractivity contribution is 7.12. The molecule has 0 aliphatic carbocycles. The maximum atomic E-state index is 12.1. The maximum Gasteiger partial charge on any atom is 0.326 e. The van der Waals surface area contributed by atoms with E-state index in [-0.39, 0.29) is 17.9 Å². The molecule has 0 fully saturated rings. The average Bonchev–Trinajstić information content (AvgIpc) is 2.95. The quantitative estimate of drug-likeness (QED) is 0.797. The lowest BCUT2D eigenvalue weighted by Gasteiger charge is -2.22. The number of carboxylic acid groups (broad SMARTS) is 1. The first-order chi connectivity index (χ1) is 10.6. The Bertz CT molecular complexity index is 549. The smallest absolute Gasteiger partial charge is 0.326 e. The van der Waals surface area contributed by atoms with Crippen LogP contribution in [0, 0.1) is 5.41 Å². The molecule has 1 heterocycles. The standard InChI is InChI=1S/C16H24N2O4S/c1-16(2,3)8-7-11(15(21)22)17-13(19)10-18(4)14(20)12-6-5-9-23-12/h5-6,9,11H,7-8,10H2,1-4H3,(H,17,19)(H,21,22). The highest BCUT2D eigenvalue weighted by Gasteiger charge is 2.24. The van der Waals surface area contributed by atoms with Gasteiger partial charge in [-0.3, -0.25) is 9.59 Å². The number of carboxylic acids is 1. The minimum atomic E-state index is -1.06. The van der Waals surface area contributed by atoms with Crippen molar-refractivity contribution in [3.8, 4) is 0 Å². The van der Waals surface area contributed by atoms with E-state index in [2.05, 4.69) is 5.32 Å². The fraction of sp³-hybridized carbons (Fsp3) is 0.562. The van der Waals surface area contributed by atoms with E-state index < -0.39 is 17.9 Å². The molecule has 1 aromatic rings. The molecule has 0 aromatic carbocycles. The highest BCUT2D eigenvalue weighted by Crippen LogP contribution is 2.21. The fourth-order valence-corrected chi connectivity index (χ4v) is 2.67. The van der Waals surface area contributed by atoms with E-state index in [9.17, 15) is 19.5 Å². The Labute approximate surface area is 140 Å². The molecule has 0 bridgehead atoms. The van der Waals surface area contributed by atoms with Gasteiger partial charge in [-0.25, -0.2) is 4.79 Å². The van der Waals surface area contributed by atoms with Gasteiger partial charge >= 0.3 is 5.97 Å². The summed E-state index contributed by atoms with van der Waals surface area (Å²) in [5.41, 5.74) is -0.00957. The average molecular weight is 340 g/mol. The van der Waals surface area contributed by atoms with E-state index in [0.29, 0.717) is 17.7 Å². The van der Waals surface area contributed by atoms with E-state index in [1.54, 1.807) is 17.5 Å². The second-order valence-electron chi connectivity index (χ2n) is 6.70. The van der Waals surface area contributed by atoms with Crippen LogP contribution in [0.4, 0.5) is 0 Å². The van der Waals surface area contributed by atoms with Crippen molar-refractivity contribution in [2.75, 3.05) is 13.6 Å². The van der Waals surface area contributed by atoms with Crippen molar-refractivity contribution in [1.82, 2.24) is 10.2 Å². The van der Waals surface area contributed by atoms with Crippen LogP contribution in [0.1, 0.15) is 43.3 Å². The summed E-state index contributed by atoms with van der Waals surface area (Å²) in [6.07, 6.45) is 1.03. The summed E-state index contributed by atoms with van der Waals surface area (Å²) in [5, 5.41) is 13.5. The van der Waals surface area contributed by atoms with Gasteiger partial charge in [0.2, 0.25) is 5.91 Å². The van der Waals surface area contributed by atoms with Gasteiger partial charge in [-0.2, -0.15) is 0 Å². The summed E-state index contributed by atoms with van der Waals surface area (Å²) >= 11 is 1.30. The van der Waals surface area contributed by atoms with E-state index in [1.165, 1.54) is 23.3 Å². The largest absolute Gasteiger partial charge is 0.480 e. The molecule has 1 rings (SSSR count). The molecular weight excluding hydrogens is 316 g/mol. The lowest BCUT2D eigenvalue weighted by atomic mass is 9.88. The number of hydrogen-bond acceptors (Lipinski definition) is 4. The highest BCUT2D eigenvalue weighted by atomic mass is 32.1. The van der Waals surface area contributed by atoms with Crippen molar-refractivity contribution in [3.05, 3.63) is 22.4 Å². The van der Waals surface area contributed by atoms with Crippen molar-refractivity contribution in [2.24, 2.45) is 5.41 Å². The third kappa shape index (κ3) is 6.81. The molecule has 0 aliphatic heterocycles. The number of amides is 2. The van der Waals surface area contributed by atoms with Crippen LogP contribution >= 0.6 is 11.3 Å². The monoisotopic (exact) mass is 340 g/mol. The molecule has 0 radical (unpaired) electrons. The van der Waals surface area contributed by atoms with Crippen LogP contribution in [0.25, 0.3) is 0 Å². The Balaban J connectivity index is 2.55. The molecule has 7 heteroatoms. The molecule has 0 spiro atoms. The second kappa shape index (κ2) is 8.10. The predicted octanol–water partition coefficient (Wildman–Crippen LogP) is 2.22. The van der Waals surface area contributed by atoms with Crippen LogP contribution in [-0.2, 0) is 9.59 Å². The third-order valence-corrected chi connectivity index (χ3v) is 4.13. The third-order valence-electron chi connectivity index (χ3n) is 3.28. The number of carbonyl (C=O) groups is 3. The first kappa shape index (κ1) is 19.2. The van der Waals surface area contributed by atoms with Gasteiger partial charge in [-0.1, -0.05) is 26.8 Å². The molecule has 6 nitrogen and oxygen atoms in total. The van der Waals surface area contributed by atoms with Gasteiger partial charge < -0.3 is 15.3 Å². The zero-order chi connectivity index (χ0) is 17.6. The van der Waals surface area contributed by atoms with Crippen molar-refractivity contribution in [3.63, 3.8) is 0 Å². The Morgan fingerprint density at radius 1 is 1.35 bits per heavy atom. The molecule has 23 heavy (non-hydrogen) atoms. The zero-order valence-electron chi connectivity index (χ0n) is 14.0. The van der Waals surface area contributed by atoms with Crippen molar-refractivity contribution < 1.29 is 19.5 Å². The topological polar surface area (TPSA) is 86.7 Å². The summed E-state index contributed by atoms with van der Waals surface area (Å²) in [7, 11) is 1.52. The minimum absolute atomic E-state index is 0.00957. The Kier molecular flexibility index (Phi) is 6.75. The number of likely N-dealkylation sites (N-methyl/N-ethyl adjacent to an activating group) is 1. The Hall–Kier alpha value is -1.89. The summed E-state index contributed by atoms with van der Waals surface area (Å²) in [6, 6.07) is 2.51. The predicted molar refractivity (Wildman–Crippen MR) is 89.5 cm³/mol. The number of carbonyl (C=O) groups excluding carboxylic acids is 2. The normalized spacial score (nSPS) is 12.5. The number of aliphatic carboxylic acids is 1. The molecule has 0 saturated heterocycles. The van der Waals surface area contributed by atoms with Crippen molar-refractivity contribution >= 4 is 29.1 Å². The molecule has 1 aromatic heterocycles. The number of thiophene rings is 1. The summed E-state index contributed by atoms with van der Waals surface area (Å²) < 4.78 is 0. The van der Waals surface area contributed by atoms with Crippen LogP contribution < -0.4 is 5.32 Å². The molecule has 1 unspecified atom stereocenters. The zero-order valence-corrected chi connectivity index (χ0v) is 14.8. The fourth-order valence-electron chi connectivity index (χ4n) is 1.95. The first-order valence-electron chi connectivity index (χ1n) is 7.41. The summed E-state index contributed by atoms with van der Waals surface area (Å²) in [5.74, 6) is -1.79. The molecule has 128 valence electrons. The lowest BCUT2D eigenvalue weighted by Crippen LogP contribution is -2.46. The summed E-state index contributed by atoms with van der Waals surface area (Å²) in [6.45, 7) is 5.87. The van der Waals surface area contributed by atoms with Crippen molar-refractivity contribution in [1.29, 1.82) is 0 Å². The lowest BCUT2D eigenvalue weighted by molar-refractivity contribution is -0.142. The van der Waals surface area contributed by atoms with Gasteiger partial charge in [-0.05, 0) is 29.7 Å². The Morgan fingerprint density at radius 2 is 2.00 bits per heavy atom. The molecule has 1 atom stereocenters. The molecule has 0 saturated carbocycles. The molecule has 2 amide bonds. The van der Waals surface area contributed by atoms with Crippen molar-refractivity contribution in [2.45, 2.75) is 39.7 Å². The van der Waals surface area contributed by atoms with E-state index in [1.807, 2.05) is 20.8 Å². The number of rotatable bonds is 7. The van der Waals surface area contributed by atoms with Crippen LogP contribution in [0.3, 0.4) is 0 Å². The van der Waals surface area contributed by atoms with Gasteiger partial charge in [0, 0.05) is 7.05 Å². The van der Waals surface area contributed by atoms with Crippen LogP contribution in [0.15, 0.2) is 17.5 Å². The SMILES string of the molecule is CN(CC(=O)NC(CCC(C)(C)C)C(=O)O)C(=O)c1cccs1. The van der Waals surface area contributed by atoms with Gasteiger partial charge in [0.1, 0.15) is 6.04 Å². The molecule has 0 aliphatic rings. The van der Waals surface area contributed by atoms with Crippen LogP contribution in [0.5, 0.6) is 0 Å². The minimum Gasteiger partial charge on any atom is -0.480 e.